The van der Waals surface area contributed by atoms with E-state index in [1.54, 1.807) is 29.2 Å². The van der Waals surface area contributed by atoms with Crippen LogP contribution >= 0.6 is 22.9 Å². The number of halogens is 1. The molecule has 0 amide bonds. The number of carbonyl (C=O) groups excluding carboxylic acids is 1. The Hall–Kier alpha value is -3.95. The summed E-state index contributed by atoms with van der Waals surface area (Å²) < 4.78 is 9.05. The summed E-state index contributed by atoms with van der Waals surface area (Å²) in [6, 6.07) is 16.7. The molecule has 1 atom stereocenters. The van der Waals surface area contributed by atoms with E-state index < -0.39 is 12.0 Å². The maximum Gasteiger partial charge on any atom is 0.338 e. The number of anilines is 1. The minimum atomic E-state index is -0.678. The first-order valence-electron chi connectivity index (χ1n) is 12.5. The lowest BCUT2D eigenvalue weighted by molar-refractivity contribution is -0.139. The second-order valence-corrected chi connectivity index (χ2v) is 10.7. The number of aryl methyl sites for hydroxylation is 1. The van der Waals surface area contributed by atoms with Crippen molar-refractivity contribution >= 4 is 40.7 Å². The molecule has 0 fully saturated rings. The summed E-state index contributed by atoms with van der Waals surface area (Å²) in [6.07, 6.45) is 1.75. The fraction of sp³-hybridized carbons (Fsp3) is 0.241. The third-order valence-electron chi connectivity index (χ3n) is 6.57. The second kappa shape index (κ2) is 10.7. The predicted molar refractivity (Wildman–Crippen MR) is 154 cm³/mol. The number of rotatable bonds is 6. The summed E-state index contributed by atoms with van der Waals surface area (Å²) in [5, 5.41) is 5.00. The van der Waals surface area contributed by atoms with Gasteiger partial charge in [0.05, 0.1) is 39.8 Å². The van der Waals surface area contributed by atoms with Crippen LogP contribution in [0.4, 0.5) is 5.69 Å². The molecule has 8 nitrogen and oxygen atoms in total. The maximum atomic E-state index is 13.9. The van der Waals surface area contributed by atoms with Crippen molar-refractivity contribution < 1.29 is 9.53 Å². The molecule has 39 heavy (non-hydrogen) atoms. The molecule has 5 rings (SSSR count). The Bertz CT molecular complexity index is 1770. The van der Waals surface area contributed by atoms with Gasteiger partial charge in [-0.1, -0.05) is 53.3 Å². The first-order valence-corrected chi connectivity index (χ1v) is 13.7. The molecule has 0 radical (unpaired) electrons. The van der Waals surface area contributed by atoms with E-state index in [4.69, 9.17) is 16.3 Å². The van der Waals surface area contributed by atoms with E-state index in [2.05, 4.69) is 10.1 Å². The molecule has 1 aliphatic rings. The van der Waals surface area contributed by atoms with Crippen LogP contribution < -0.4 is 19.8 Å². The number of esters is 1. The van der Waals surface area contributed by atoms with Crippen molar-refractivity contribution in [1.82, 2.24) is 14.3 Å². The largest absolute Gasteiger partial charge is 0.463 e. The molecule has 2 aromatic heterocycles. The van der Waals surface area contributed by atoms with E-state index >= 15 is 0 Å². The van der Waals surface area contributed by atoms with E-state index in [0.29, 0.717) is 37.0 Å². The van der Waals surface area contributed by atoms with Crippen molar-refractivity contribution in [3.05, 3.63) is 108 Å². The fourth-order valence-corrected chi connectivity index (χ4v) is 5.96. The van der Waals surface area contributed by atoms with Gasteiger partial charge in [0, 0.05) is 25.3 Å². The lowest BCUT2D eigenvalue weighted by Crippen LogP contribution is -2.40. The fourth-order valence-electron chi connectivity index (χ4n) is 4.61. The zero-order valence-electron chi connectivity index (χ0n) is 22.3. The van der Waals surface area contributed by atoms with Crippen LogP contribution in [0.5, 0.6) is 0 Å². The predicted octanol–water partition coefficient (Wildman–Crippen LogP) is 4.01. The Kier molecular flexibility index (Phi) is 7.29. The minimum Gasteiger partial charge on any atom is -0.463 e. The van der Waals surface area contributed by atoms with E-state index in [1.807, 2.05) is 80.5 Å². The molecule has 2 aromatic carbocycles. The summed E-state index contributed by atoms with van der Waals surface area (Å²) in [7, 11) is 3.92. The van der Waals surface area contributed by atoms with Crippen molar-refractivity contribution in [2.24, 2.45) is 4.99 Å². The van der Waals surface area contributed by atoms with Crippen LogP contribution in [0.1, 0.15) is 36.7 Å². The molecule has 200 valence electrons. The highest BCUT2D eigenvalue weighted by atomic mass is 35.5. The molecule has 0 N–H and O–H groups in total. The van der Waals surface area contributed by atoms with Crippen molar-refractivity contribution in [2.45, 2.75) is 26.8 Å². The average Bonchev–Trinajstić information content (AvgIpc) is 3.38. The number of hydrogen-bond acceptors (Lipinski definition) is 7. The van der Waals surface area contributed by atoms with Gasteiger partial charge in [-0.3, -0.25) is 9.36 Å². The van der Waals surface area contributed by atoms with Crippen LogP contribution in [-0.2, 0) is 9.53 Å². The van der Waals surface area contributed by atoms with Crippen molar-refractivity contribution in [3.8, 4) is 5.69 Å². The Balaban J connectivity index is 1.69. The first kappa shape index (κ1) is 26.6. The van der Waals surface area contributed by atoms with Crippen molar-refractivity contribution in [1.29, 1.82) is 0 Å². The summed E-state index contributed by atoms with van der Waals surface area (Å²) in [5.74, 6) is -0.488. The Morgan fingerprint density at radius 2 is 1.82 bits per heavy atom. The number of thiazole rings is 1. The summed E-state index contributed by atoms with van der Waals surface area (Å²) >= 11 is 8.00. The number of hydrogen-bond donors (Lipinski definition) is 0. The smallest absolute Gasteiger partial charge is 0.338 e. The number of aromatic nitrogens is 3. The average molecular weight is 562 g/mol. The van der Waals surface area contributed by atoms with Gasteiger partial charge in [0.15, 0.2) is 4.80 Å². The number of benzene rings is 2. The van der Waals surface area contributed by atoms with Crippen molar-refractivity contribution in [3.63, 3.8) is 0 Å². The van der Waals surface area contributed by atoms with Gasteiger partial charge in [-0.25, -0.2) is 14.5 Å². The van der Waals surface area contributed by atoms with Gasteiger partial charge in [-0.15, -0.1) is 0 Å². The molecule has 0 unspecified atom stereocenters. The SMILES string of the molecule is CCOC(=O)C1=C(C)N=c2s/c(=C\c3c(C)nn(-c4ccccc4)c3Cl)c(=O)n2[C@H]1c1ccc(N(C)C)cc1. The third kappa shape index (κ3) is 4.84. The number of nitrogens with zero attached hydrogens (tertiary/aromatic N) is 5. The van der Waals surface area contributed by atoms with E-state index in [9.17, 15) is 9.59 Å². The normalized spacial score (nSPS) is 15.2. The number of ether oxygens (including phenoxy) is 1. The van der Waals surface area contributed by atoms with Gasteiger partial charge < -0.3 is 9.64 Å². The van der Waals surface area contributed by atoms with Crippen LogP contribution in [0, 0.1) is 6.92 Å². The monoisotopic (exact) mass is 561 g/mol. The van der Waals surface area contributed by atoms with Gasteiger partial charge in [0.2, 0.25) is 0 Å². The second-order valence-electron chi connectivity index (χ2n) is 9.33. The molecular formula is C29H28ClN5O3S. The van der Waals surface area contributed by atoms with Gasteiger partial charge in [-0.05, 0) is 56.7 Å². The molecule has 3 heterocycles. The highest BCUT2D eigenvalue weighted by molar-refractivity contribution is 7.07. The molecule has 0 aliphatic carbocycles. The third-order valence-corrected chi connectivity index (χ3v) is 7.91. The van der Waals surface area contributed by atoms with Crippen molar-refractivity contribution in [2.75, 3.05) is 25.6 Å². The molecule has 0 saturated carbocycles. The molecule has 1 aliphatic heterocycles. The Morgan fingerprint density at radius 1 is 1.13 bits per heavy atom. The molecule has 4 aromatic rings. The quantitative estimate of drug-likeness (QED) is 0.332. The van der Waals surface area contributed by atoms with Gasteiger partial charge in [-0.2, -0.15) is 5.10 Å². The first-order chi connectivity index (χ1) is 18.7. The standard InChI is InChI=1S/C29H28ClN5O3S/c1-6-38-28(37)24-18(3)31-29-34(25(24)19-12-14-20(15-13-19)33(4)5)27(36)23(39-29)16-22-17(2)32-35(26(22)30)21-10-8-7-9-11-21/h7-16,25H,6H2,1-5H3/b23-16-/t25-/m0/s1. The summed E-state index contributed by atoms with van der Waals surface area (Å²) in [5.41, 5.74) is 4.56. The van der Waals surface area contributed by atoms with Crippen LogP contribution in [0.25, 0.3) is 11.8 Å². The van der Waals surface area contributed by atoms with Crippen LogP contribution in [-0.4, -0.2) is 41.0 Å². The molecule has 0 spiro atoms. The Labute approximate surface area is 234 Å². The zero-order chi connectivity index (χ0) is 27.8. The van der Waals surface area contributed by atoms with Gasteiger partial charge >= 0.3 is 5.97 Å². The van der Waals surface area contributed by atoms with Gasteiger partial charge in [0.25, 0.3) is 5.56 Å². The maximum absolute atomic E-state index is 13.9. The number of para-hydroxylation sites is 1. The summed E-state index contributed by atoms with van der Waals surface area (Å²) in [6.45, 7) is 5.60. The van der Waals surface area contributed by atoms with E-state index in [0.717, 1.165) is 16.9 Å². The van der Waals surface area contributed by atoms with Crippen LogP contribution in [0.2, 0.25) is 5.15 Å². The van der Waals surface area contributed by atoms with E-state index in [1.165, 1.54) is 11.3 Å². The molecule has 10 heteroatoms. The summed E-state index contributed by atoms with van der Waals surface area (Å²) in [4.78, 5) is 34.2. The van der Waals surface area contributed by atoms with E-state index in [-0.39, 0.29) is 12.2 Å². The number of carbonyl (C=O) groups is 1. The molecular weight excluding hydrogens is 534 g/mol. The van der Waals surface area contributed by atoms with Crippen LogP contribution in [0.3, 0.4) is 0 Å². The van der Waals surface area contributed by atoms with Gasteiger partial charge in [0.1, 0.15) is 5.15 Å². The lowest BCUT2D eigenvalue weighted by Gasteiger charge is -2.25. The zero-order valence-corrected chi connectivity index (χ0v) is 23.9. The highest BCUT2D eigenvalue weighted by Gasteiger charge is 2.33. The number of fused-ring (bicyclic) bond motifs is 1. The lowest BCUT2D eigenvalue weighted by atomic mass is 9.95. The van der Waals surface area contributed by atoms with Crippen LogP contribution in [0.15, 0.2) is 75.7 Å². The number of allylic oxidation sites excluding steroid dienone is 1. The minimum absolute atomic E-state index is 0.218. The molecule has 0 saturated heterocycles. The topological polar surface area (TPSA) is 81.7 Å². The Morgan fingerprint density at radius 3 is 2.46 bits per heavy atom. The highest BCUT2D eigenvalue weighted by Crippen LogP contribution is 2.32. The molecule has 0 bridgehead atoms.